The first-order chi connectivity index (χ1) is 7.24. The van der Waals surface area contributed by atoms with Gasteiger partial charge in [-0.15, -0.1) is 0 Å². The molecule has 3 atom stereocenters. The van der Waals surface area contributed by atoms with Crippen molar-refractivity contribution in [2.75, 3.05) is 12.4 Å². The average Bonchev–Trinajstić information content (AvgIpc) is 2.77. The van der Waals surface area contributed by atoms with Crippen LogP contribution in [-0.4, -0.2) is 18.0 Å². The van der Waals surface area contributed by atoms with E-state index in [0.29, 0.717) is 0 Å². The lowest BCUT2D eigenvalue weighted by atomic mass is 9.86. The van der Waals surface area contributed by atoms with Crippen LogP contribution in [0.15, 0.2) is 0 Å². The molecule has 2 aliphatic carbocycles. The molecule has 2 heteroatoms. The predicted molar refractivity (Wildman–Crippen MR) is 67.5 cm³/mol. The quantitative estimate of drug-likeness (QED) is 0.539. The average molecular weight is 228 g/mol. The van der Waals surface area contributed by atoms with Gasteiger partial charge in [0, 0.05) is 6.61 Å². The largest absolute Gasteiger partial charge is 0.375 e. The highest BCUT2D eigenvalue weighted by atomic mass is 32.1. The summed E-state index contributed by atoms with van der Waals surface area (Å²) in [4.78, 5) is 0. The third kappa shape index (κ3) is 2.71. The molecule has 15 heavy (non-hydrogen) atoms. The van der Waals surface area contributed by atoms with Gasteiger partial charge in [0.25, 0.3) is 0 Å². The molecule has 1 nitrogen and oxygen atoms in total. The van der Waals surface area contributed by atoms with Gasteiger partial charge in [0.1, 0.15) is 0 Å². The Morgan fingerprint density at radius 3 is 2.73 bits per heavy atom. The maximum atomic E-state index is 6.15. The van der Waals surface area contributed by atoms with Crippen molar-refractivity contribution in [3.05, 3.63) is 0 Å². The second kappa shape index (κ2) is 5.09. The SMILES string of the molecule is CC1(OCCCCCS)CC2CCC1C2. The molecule has 0 N–H and O–H groups in total. The number of fused-ring (bicyclic) bond motifs is 2. The number of rotatable bonds is 6. The van der Waals surface area contributed by atoms with E-state index in [9.17, 15) is 0 Å². The Balaban J connectivity index is 1.66. The van der Waals surface area contributed by atoms with Gasteiger partial charge in [-0.1, -0.05) is 6.42 Å². The Morgan fingerprint density at radius 2 is 2.13 bits per heavy atom. The van der Waals surface area contributed by atoms with Crippen LogP contribution < -0.4 is 0 Å². The van der Waals surface area contributed by atoms with E-state index in [-0.39, 0.29) is 5.60 Å². The minimum absolute atomic E-state index is 0.240. The molecule has 0 radical (unpaired) electrons. The van der Waals surface area contributed by atoms with Crippen LogP contribution in [0.1, 0.15) is 51.9 Å². The second-order valence-corrected chi connectivity index (χ2v) is 5.97. The van der Waals surface area contributed by atoms with Crippen LogP contribution in [-0.2, 0) is 4.74 Å². The van der Waals surface area contributed by atoms with Crippen molar-refractivity contribution in [3.8, 4) is 0 Å². The molecule has 0 aromatic rings. The first-order valence-electron chi connectivity index (χ1n) is 6.49. The Kier molecular flexibility index (Phi) is 4.00. The van der Waals surface area contributed by atoms with Crippen LogP contribution in [0.25, 0.3) is 0 Å². The molecule has 3 unspecified atom stereocenters. The third-order valence-electron chi connectivity index (χ3n) is 4.33. The van der Waals surface area contributed by atoms with Crippen LogP contribution in [0.4, 0.5) is 0 Å². The molecule has 88 valence electrons. The minimum atomic E-state index is 0.240. The minimum Gasteiger partial charge on any atom is -0.375 e. The van der Waals surface area contributed by atoms with Crippen molar-refractivity contribution in [3.63, 3.8) is 0 Å². The molecular weight excluding hydrogens is 204 g/mol. The fourth-order valence-electron chi connectivity index (χ4n) is 3.43. The van der Waals surface area contributed by atoms with Crippen LogP contribution in [0.3, 0.4) is 0 Å². The van der Waals surface area contributed by atoms with Crippen molar-refractivity contribution in [1.29, 1.82) is 0 Å². The number of ether oxygens (including phenoxy) is 1. The predicted octanol–water partition coefficient (Wildman–Crippen LogP) is 3.68. The zero-order chi connectivity index (χ0) is 10.7. The smallest absolute Gasteiger partial charge is 0.0685 e. The molecule has 0 heterocycles. The molecule has 2 bridgehead atoms. The standard InChI is InChI=1S/C13H24OS/c1-13(14-7-3-2-4-8-15)10-11-5-6-12(13)9-11/h11-12,15H,2-10H2,1H3. The maximum Gasteiger partial charge on any atom is 0.0685 e. The second-order valence-electron chi connectivity index (χ2n) is 5.53. The highest BCUT2D eigenvalue weighted by Gasteiger charge is 2.48. The van der Waals surface area contributed by atoms with Gasteiger partial charge in [-0.3, -0.25) is 0 Å². The zero-order valence-corrected chi connectivity index (χ0v) is 10.8. The van der Waals surface area contributed by atoms with Gasteiger partial charge in [-0.25, -0.2) is 0 Å². The molecule has 0 saturated heterocycles. The summed E-state index contributed by atoms with van der Waals surface area (Å²) in [5, 5.41) is 0. The lowest BCUT2D eigenvalue weighted by Crippen LogP contribution is -2.35. The first-order valence-corrected chi connectivity index (χ1v) is 7.12. The van der Waals surface area contributed by atoms with E-state index in [1.807, 2.05) is 0 Å². The van der Waals surface area contributed by atoms with E-state index in [2.05, 4.69) is 19.6 Å². The van der Waals surface area contributed by atoms with E-state index < -0.39 is 0 Å². The molecule has 2 fully saturated rings. The first kappa shape index (κ1) is 11.8. The van der Waals surface area contributed by atoms with Gasteiger partial charge in [-0.2, -0.15) is 12.6 Å². The van der Waals surface area contributed by atoms with Gasteiger partial charge in [0.15, 0.2) is 0 Å². The summed E-state index contributed by atoms with van der Waals surface area (Å²) in [5.41, 5.74) is 0.240. The molecule has 0 aromatic heterocycles. The van der Waals surface area contributed by atoms with Crippen molar-refractivity contribution in [2.45, 2.75) is 57.5 Å². The fraction of sp³-hybridized carbons (Fsp3) is 1.00. The van der Waals surface area contributed by atoms with E-state index in [1.165, 1.54) is 44.9 Å². The zero-order valence-electron chi connectivity index (χ0n) is 9.87. The van der Waals surface area contributed by atoms with Gasteiger partial charge < -0.3 is 4.74 Å². The maximum absolute atomic E-state index is 6.15. The van der Waals surface area contributed by atoms with Crippen molar-refractivity contribution in [1.82, 2.24) is 0 Å². The van der Waals surface area contributed by atoms with Crippen LogP contribution >= 0.6 is 12.6 Å². The normalized spacial score (nSPS) is 38.8. The molecule has 2 rings (SSSR count). The van der Waals surface area contributed by atoms with Crippen molar-refractivity contribution < 1.29 is 4.74 Å². The molecule has 0 aliphatic heterocycles. The molecule has 2 aliphatic rings. The number of hydrogen-bond acceptors (Lipinski definition) is 2. The van der Waals surface area contributed by atoms with Gasteiger partial charge >= 0.3 is 0 Å². The van der Waals surface area contributed by atoms with Gasteiger partial charge in [-0.05, 0) is 63.0 Å². The monoisotopic (exact) mass is 228 g/mol. The summed E-state index contributed by atoms with van der Waals surface area (Å²) < 4.78 is 6.15. The van der Waals surface area contributed by atoms with Crippen molar-refractivity contribution >= 4 is 12.6 Å². The molecule has 0 spiro atoms. The summed E-state index contributed by atoms with van der Waals surface area (Å²) in [6.45, 7) is 3.31. The number of thiol groups is 1. The Bertz CT molecular complexity index is 207. The molecular formula is C13H24OS. The fourth-order valence-corrected chi connectivity index (χ4v) is 3.65. The summed E-state index contributed by atoms with van der Waals surface area (Å²) in [7, 11) is 0. The van der Waals surface area contributed by atoms with E-state index >= 15 is 0 Å². The highest BCUT2D eigenvalue weighted by molar-refractivity contribution is 7.80. The lowest BCUT2D eigenvalue weighted by molar-refractivity contribution is -0.0704. The summed E-state index contributed by atoms with van der Waals surface area (Å²) in [6.07, 6.45) is 9.36. The Hall–Kier alpha value is 0.310. The summed E-state index contributed by atoms with van der Waals surface area (Å²) in [5.74, 6) is 2.87. The van der Waals surface area contributed by atoms with Gasteiger partial charge in [0.2, 0.25) is 0 Å². The Morgan fingerprint density at radius 1 is 1.27 bits per heavy atom. The van der Waals surface area contributed by atoms with Gasteiger partial charge in [0.05, 0.1) is 5.60 Å². The number of hydrogen-bond donors (Lipinski definition) is 1. The number of unbranched alkanes of at least 4 members (excludes halogenated alkanes) is 2. The lowest BCUT2D eigenvalue weighted by Gasteiger charge is -2.34. The van der Waals surface area contributed by atoms with E-state index in [1.54, 1.807) is 0 Å². The van der Waals surface area contributed by atoms with Crippen LogP contribution in [0.5, 0.6) is 0 Å². The molecule has 2 saturated carbocycles. The van der Waals surface area contributed by atoms with Crippen molar-refractivity contribution in [2.24, 2.45) is 11.8 Å². The third-order valence-corrected chi connectivity index (χ3v) is 4.65. The van der Waals surface area contributed by atoms with Crippen LogP contribution in [0.2, 0.25) is 0 Å². The summed E-state index contributed by atoms with van der Waals surface area (Å²) >= 11 is 4.22. The Labute approximate surface area is 99.4 Å². The highest BCUT2D eigenvalue weighted by Crippen LogP contribution is 2.52. The molecule has 0 amide bonds. The van der Waals surface area contributed by atoms with Crippen LogP contribution in [0, 0.1) is 11.8 Å². The topological polar surface area (TPSA) is 9.23 Å². The van der Waals surface area contributed by atoms with E-state index in [4.69, 9.17) is 4.74 Å². The molecule has 0 aromatic carbocycles. The summed E-state index contributed by atoms with van der Waals surface area (Å²) in [6, 6.07) is 0. The van der Waals surface area contributed by atoms with E-state index in [0.717, 1.165) is 24.2 Å².